The van der Waals surface area contributed by atoms with E-state index in [4.69, 9.17) is 14.8 Å². The number of anilines is 2. The Labute approximate surface area is 211 Å². The second-order valence-electron chi connectivity index (χ2n) is 10.2. The Balaban J connectivity index is 1.35. The van der Waals surface area contributed by atoms with Gasteiger partial charge in [-0.1, -0.05) is 47.2 Å². The molecule has 0 amide bonds. The van der Waals surface area contributed by atoms with E-state index in [2.05, 4.69) is 85.3 Å². The fourth-order valence-corrected chi connectivity index (χ4v) is 5.41. The predicted octanol–water partition coefficient (Wildman–Crippen LogP) is 5.31. The first-order chi connectivity index (χ1) is 16.8. The number of hydrogen-bond acceptors (Lipinski definition) is 7. The Kier molecular flexibility index (Phi) is 6.42. The van der Waals surface area contributed by atoms with Gasteiger partial charge in [-0.2, -0.15) is 4.52 Å². The molecule has 2 aromatic heterocycles. The van der Waals surface area contributed by atoms with Crippen LogP contribution in [0.3, 0.4) is 0 Å². The maximum absolute atomic E-state index is 5.38. The highest BCUT2D eigenvalue weighted by atomic mass is 32.1. The van der Waals surface area contributed by atoms with Gasteiger partial charge in [0, 0.05) is 43.8 Å². The van der Waals surface area contributed by atoms with Crippen LogP contribution in [0.5, 0.6) is 5.75 Å². The van der Waals surface area contributed by atoms with Crippen LogP contribution in [-0.4, -0.2) is 58.3 Å². The van der Waals surface area contributed by atoms with Crippen molar-refractivity contribution in [3.63, 3.8) is 0 Å². The van der Waals surface area contributed by atoms with Crippen molar-refractivity contribution in [1.29, 1.82) is 0 Å². The molecule has 1 N–H and O–H groups in total. The van der Waals surface area contributed by atoms with Gasteiger partial charge in [0.15, 0.2) is 5.82 Å². The normalized spacial score (nSPS) is 15.1. The van der Waals surface area contributed by atoms with Crippen molar-refractivity contribution in [2.24, 2.45) is 0 Å². The quantitative estimate of drug-likeness (QED) is 0.395. The topological polar surface area (TPSA) is 57.9 Å². The fourth-order valence-electron chi connectivity index (χ4n) is 4.45. The third-order valence-electron chi connectivity index (χ3n) is 6.16. The molecule has 1 saturated heterocycles. The molecule has 184 valence electrons. The molecule has 3 heterocycles. The number of imidazole rings is 1. The van der Waals surface area contributed by atoms with E-state index in [1.165, 1.54) is 11.1 Å². The molecule has 1 fully saturated rings. The van der Waals surface area contributed by atoms with Crippen molar-refractivity contribution < 1.29 is 4.74 Å². The number of aryl methyl sites for hydroxylation is 1. The SMILES string of the molecule is COc1cccc(CN2CCN(c3nn4c(NC(C)(C)C)c(-c5cccc(C)c5)nc4s3)CC2)c1. The number of aromatic nitrogens is 3. The van der Waals surface area contributed by atoms with Crippen molar-refractivity contribution in [3.8, 4) is 17.0 Å². The van der Waals surface area contributed by atoms with E-state index >= 15 is 0 Å². The van der Waals surface area contributed by atoms with Gasteiger partial charge in [-0.05, 0) is 51.5 Å². The third-order valence-corrected chi connectivity index (χ3v) is 7.13. The molecule has 1 aliphatic heterocycles. The molecule has 5 rings (SSSR count). The van der Waals surface area contributed by atoms with Gasteiger partial charge < -0.3 is 15.0 Å². The summed E-state index contributed by atoms with van der Waals surface area (Å²) in [5.41, 5.74) is 4.47. The summed E-state index contributed by atoms with van der Waals surface area (Å²) in [7, 11) is 1.72. The Morgan fingerprint density at radius 3 is 2.51 bits per heavy atom. The largest absolute Gasteiger partial charge is 0.497 e. The zero-order chi connectivity index (χ0) is 24.6. The first-order valence-electron chi connectivity index (χ1n) is 12.1. The van der Waals surface area contributed by atoms with Crippen LogP contribution in [0.2, 0.25) is 0 Å². The number of benzene rings is 2. The van der Waals surface area contributed by atoms with E-state index in [1.54, 1.807) is 18.4 Å². The molecule has 0 atom stereocenters. The summed E-state index contributed by atoms with van der Waals surface area (Å²) in [6, 6.07) is 16.8. The van der Waals surface area contributed by atoms with Gasteiger partial charge in [0.25, 0.3) is 0 Å². The van der Waals surface area contributed by atoms with Crippen LogP contribution in [0, 0.1) is 6.92 Å². The summed E-state index contributed by atoms with van der Waals surface area (Å²) in [6.45, 7) is 13.5. The summed E-state index contributed by atoms with van der Waals surface area (Å²) in [4.78, 5) is 10.8. The Morgan fingerprint density at radius 2 is 1.80 bits per heavy atom. The highest BCUT2D eigenvalue weighted by molar-refractivity contribution is 7.20. The van der Waals surface area contributed by atoms with E-state index in [0.29, 0.717) is 0 Å². The number of hydrogen-bond donors (Lipinski definition) is 1. The minimum atomic E-state index is -0.107. The molecule has 0 saturated carbocycles. The van der Waals surface area contributed by atoms with Crippen LogP contribution in [0.15, 0.2) is 48.5 Å². The maximum atomic E-state index is 5.38. The molecule has 0 bridgehead atoms. The molecule has 0 radical (unpaired) electrons. The molecular weight excluding hydrogens is 456 g/mol. The number of methoxy groups -OCH3 is 1. The van der Waals surface area contributed by atoms with Crippen LogP contribution in [0.25, 0.3) is 16.2 Å². The van der Waals surface area contributed by atoms with Crippen LogP contribution >= 0.6 is 11.3 Å². The van der Waals surface area contributed by atoms with Crippen molar-refractivity contribution in [2.75, 3.05) is 43.5 Å². The average Bonchev–Trinajstić information content (AvgIpc) is 3.38. The maximum Gasteiger partial charge on any atom is 0.216 e. The molecule has 7 nitrogen and oxygen atoms in total. The number of ether oxygens (including phenoxy) is 1. The zero-order valence-corrected chi connectivity index (χ0v) is 22.0. The lowest BCUT2D eigenvalue weighted by Gasteiger charge is -2.34. The number of fused-ring (bicyclic) bond motifs is 1. The smallest absolute Gasteiger partial charge is 0.216 e. The van der Waals surface area contributed by atoms with Crippen LogP contribution < -0.4 is 15.0 Å². The predicted molar refractivity (Wildman–Crippen MR) is 145 cm³/mol. The van der Waals surface area contributed by atoms with E-state index in [1.807, 2.05) is 10.6 Å². The summed E-state index contributed by atoms with van der Waals surface area (Å²) < 4.78 is 7.37. The second-order valence-corrected chi connectivity index (χ2v) is 11.2. The fraction of sp³-hybridized carbons (Fsp3) is 0.407. The Hall–Kier alpha value is -3.10. The monoisotopic (exact) mass is 490 g/mol. The molecular formula is C27H34N6OS. The summed E-state index contributed by atoms with van der Waals surface area (Å²) in [6.07, 6.45) is 0. The van der Waals surface area contributed by atoms with Gasteiger partial charge in [-0.15, -0.1) is 5.10 Å². The van der Waals surface area contributed by atoms with Gasteiger partial charge in [0.1, 0.15) is 11.4 Å². The summed E-state index contributed by atoms with van der Waals surface area (Å²) in [5.74, 6) is 1.87. The molecule has 4 aromatic rings. The summed E-state index contributed by atoms with van der Waals surface area (Å²) >= 11 is 1.67. The number of nitrogens with one attached hydrogen (secondary N) is 1. The van der Waals surface area contributed by atoms with Gasteiger partial charge in [-0.3, -0.25) is 4.90 Å². The highest BCUT2D eigenvalue weighted by Gasteiger charge is 2.25. The number of rotatable bonds is 6. The molecule has 35 heavy (non-hydrogen) atoms. The van der Waals surface area contributed by atoms with Crippen molar-refractivity contribution in [2.45, 2.75) is 39.8 Å². The molecule has 1 aliphatic rings. The summed E-state index contributed by atoms with van der Waals surface area (Å²) in [5, 5.41) is 9.71. The lowest BCUT2D eigenvalue weighted by Crippen LogP contribution is -2.46. The second kappa shape index (κ2) is 9.51. The average molecular weight is 491 g/mol. The standard InChI is InChI=1S/C27H34N6OS/c1-19-8-6-10-21(16-19)23-24(29-27(2,3)4)33-25(28-23)35-26(30-33)32-14-12-31(13-15-32)18-20-9-7-11-22(17-20)34-5/h6-11,16-17,29H,12-15,18H2,1-5H3. The highest BCUT2D eigenvalue weighted by Crippen LogP contribution is 2.35. The van der Waals surface area contributed by atoms with E-state index in [9.17, 15) is 0 Å². The van der Waals surface area contributed by atoms with Gasteiger partial charge in [0.2, 0.25) is 10.1 Å². The Bertz CT molecular complexity index is 1310. The minimum absolute atomic E-state index is 0.107. The molecule has 2 aromatic carbocycles. The molecule has 0 spiro atoms. The van der Waals surface area contributed by atoms with Gasteiger partial charge in [-0.25, -0.2) is 4.98 Å². The van der Waals surface area contributed by atoms with Crippen LogP contribution in [0.1, 0.15) is 31.9 Å². The Morgan fingerprint density at radius 1 is 1.03 bits per heavy atom. The number of piperazine rings is 1. The van der Waals surface area contributed by atoms with Crippen molar-refractivity contribution >= 4 is 27.2 Å². The number of nitrogens with zero attached hydrogens (tertiary/aromatic N) is 5. The van der Waals surface area contributed by atoms with Crippen LogP contribution in [0.4, 0.5) is 10.9 Å². The first kappa shape index (κ1) is 23.6. The molecule has 0 unspecified atom stereocenters. The minimum Gasteiger partial charge on any atom is -0.497 e. The lowest BCUT2D eigenvalue weighted by molar-refractivity contribution is 0.249. The first-order valence-corrected chi connectivity index (χ1v) is 13.0. The van der Waals surface area contributed by atoms with E-state index in [-0.39, 0.29) is 5.54 Å². The van der Waals surface area contributed by atoms with Gasteiger partial charge >= 0.3 is 0 Å². The molecule has 0 aliphatic carbocycles. The van der Waals surface area contributed by atoms with Crippen molar-refractivity contribution in [3.05, 3.63) is 59.7 Å². The van der Waals surface area contributed by atoms with E-state index < -0.39 is 0 Å². The third kappa shape index (κ3) is 5.28. The van der Waals surface area contributed by atoms with Crippen molar-refractivity contribution in [1.82, 2.24) is 19.5 Å². The molecule has 8 heteroatoms. The zero-order valence-electron chi connectivity index (χ0n) is 21.2. The van der Waals surface area contributed by atoms with E-state index in [0.717, 1.165) is 65.6 Å². The van der Waals surface area contributed by atoms with Crippen LogP contribution in [-0.2, 0) is 6.54 Å². The lowest BCUT2D eigenvalue weighted by atomic mass is 10.1. The van der Waals surface area contributed by atoms with Gasteiger partial charge in [0.05, 0.1) is 7.11 Å².